The fourth-order valence-corrected chi connectivity index (χ4v) is 1.90. The van der Waals surface area contributed by atoms with Gasteiger partial charge in [-0.1, -0.05) is 67.4 Å². The van der Waals surface area contributed by atoms with Crippen molar-refractivity contribution in [3.63, 3.8) is 0 Å². The van der Waals surface area contributed by atoms with Crippen LogP contribution in [0.1, 0.15) is 24.5 Å². The van der Waals surface area contributed by atoms with Gasteiger partial charge in [-0.15, -0.1) is 12.8 Å². The van der Waals surface area contributed by atoms with Gasteiger partial charge in [0.2, 0.25) is 0 Å². The second kappa shape index (κ2) is 7.35. The lowest BCUT2D eigenvalue weighted by Crippen LogP contribution is -1.83. The molecular weight excluding hydrogens is 216 g/mol. The van der Waals surface area contributed by atoms with E-state index < -0.39 is 0 Å². The molecule has 0 radical (unpaired) electrons. The predicted octanol–water partition coefficient (Wildman–Crippen LogP) is 4.86. The molecule has 0 atom stereocenters. The maximum absolute atomic E-state index is 4.00. The van der Waals surface area contributed by atoms with Crippen LogP contribution in [-0.4, -0.2) is 0 Å². The van der Waals surface area contributed by atoms with E-state index >= 15 is 0 Å². The molecule has 0 saturated heterocycles. The number of rotatable bonds is 3. The van der Waals surface area contributed by atoms with Gasteiger partial charge < -0.3 is 0 Å². The Morgan fingerprint density at radius 2 is 1.22 bits per heavy atom. The van der Waals surface area contributed by atoms with Crippen molar-refractivity contribution in [2.24, 2.45) is 0 Å². The summed E-state index contributed by atoms with van der Waals surface area (Å²) < 4.78 is 0. The zero-order valence-electron chi connectivity index (χ0n) is 11.2. The smallest absolute Gasteiger partial charge is 0.0184 e. The molecule has 2 rings (SSSR count). The minimum Gasteiger partial charge on any atom is -0.124 e. The van der Waals surface area contributed by atoms with Gasteiger partial charge in [-0.2, -0.15) is 0 Å². The summed E-state index contributed by atoms with van der Waals surface area (Å²) in [5, 5.41) is 0. The lowest BCUT2D eigenvalue weighted by atomic mass is 10.0. The van der Waals surface area contributed by atoms with Gasteiger partial charge in [-0.3, -0.25) is 0 Å². The molecule has 0 amide bonds. The number of terminal acetylenes is 1. The monoisotopic (exact) mass is 236 g/mol. The molecule has 0 bridgehead atoms. The molecule has 2 aromatic carbocycles. The van der Waals surface area contributed by atoms with Crippen molar-refractivity contribution in [3.8, 4) is 24.0 Å². The topological polar surface area (TPSA) is 0 Å². The van der Waals surface area contributed by atoms with Crippen molar-refractivity contribution in [1.82, 2.24) is 0 Å². The summed E-state index contributed by atoms with van der Waals surface area (Å²) in [4.78, 5) is 0. The van der Waals surface area contributed by atoms with Crippen LogP contribution in [0.15, 0.2) is 48.5 Å². The highest BCUT2D eigenvalue weighted by Crippen LogP contribution is 2.20. The van der Waals surface area contributed by atoms with Gasteiger partial charge in [0.05, 0.1) is 0 Å². The van der Waals surface area contributed by atoms with Gasteiger partial charge in [0, 0.05) is 0 Å². The van der Waals surface area contributed by atoms with Gasteiger partial charge in [-0.25, -0.2) is 0 Å². The quantitative estimate of drug-likeness (QED) is 0.667. The summed E-state index contributed by atoms with van der Waals surface area (Å²) in [5.41, 5.74) is 5.35. The molecule has 0 aliphatic heterocycles. The molecule has 0 saturated carbocycles. The lowest BCUT2D eigenvalue weighted by molar-refractivity contribution is 0.922. The first-order chi connectivity index (χ1) is 8.79. The molecule has 92 valence electrons. The van der Waals surface area contributed by atoms with Crippen LogP contribution in [0, 0.1) is 19.8 Å². The Balaban J connectivity index is 0.000000771. The van der Waals surface area contributed by atoms with Crippen molar-refractivity contribution in [1.29, 1.82) is 0 Å². The van der Waals surface area contributed by atoms with Crippen molar-refractivity contribution in [2.75, 3.05) is 0 Å². The molecule has 18 heavy (non-hydrogen) atoms. The van der Waals surface area contributed by atoms with Crippen LogP contribution in [0.5, 0.6) is 0 Å². The van der Waals surface area contributed by atoms with Gasteiger partial charge in [0.1, 0.15) is 0 Å². The van der Waals surface area contributed by atoms with E-state index in [9.17, 15) is 0 Å². The van der Waals surface area contributed by atoms with Crippen molar-refractivity contribution in [3.05, 3.63) is 59.7 Å². The van der Waals surface area contributed by atoms with Crippen LogP contribution in [-0.2, 0) is 6.42 Å². The van der Waals surface area contributed by atoms with Crippen molar-refractivity contribution >= 4 is 0 Å². The number of benzene rings is 2. The normalized spacial score (nSPS) is 9.33. The third-order valence-corrected chi connectivity index (χ3v) is 2.88. The first kappa shape index (κ1) is 14.1. The van der Waals surface area contributed by atoms with Crippen LogP contribution < -0.4 is 0 Å². The average Bonchev–Trinajstić information content (AvgIpc) is 2.43. The van der Waals surface area contributed by atoms with E-state index in [0.29, 0.717) is 0 Å². The molecule has 0 nitrogen and oxygen atoms in total. The zero-order chi connectivity index (χ0) is 13.4. The predicted molar refractivity (Wildman–Crippen MR) is 80.5 cm³/mol. The summed E-state index contributed by atoms with van der Waals surface area (Å²) in [6.45, 7) is 4.34. The highest BCUT2D eigenvalue weighted by atomic mass is 14.0. The molecule has 0 unspecified atom stereocenters. The van der Waals surface area contributed by atoms with Crippen LogP contribution >= 0.6 is 0 Å². The highest BCUT2D eigenvalue weighted by molar-refractivity contribution is 5.63. The average molecular weight is 236 g/mol. The third kappa shape index (κ3) is 3.79. The summed E-state index contributed by atoms with van der Waals surface area (Å²) >= 11 is 0. The van der Waals surface area contributed by atoms with Gasteiger partial charge in [-0.05, 0) is 30.0 Å². The molecule has 0 N–H and O–H groups in total. The van der Waals surface area contributed by atoms with E-state index in [4.69, 9.17) is 0 Å². The fraction of sp³-hybridized carbons (Fsp3) is 0.222. The molecule has 0 aromatic heterocycles. The molecular formula is C18H20. The zero-order valence-corrected chi connectivity index (χ0v) is 11.2. The summed E-state index contributed by atoms with van der Waals surface area (Å²) in [7, 11) is 0. The summed E-state index contributed by atoms with van der Waals surface area (Å²) in [5.74, 6) is 0. The van der Waals surface area contributed by atoms with E-state index in [2.05, 4.69) is 75.2 Å². The Morgan fingerprint density at radius 1 is 0.778 bits per heavy atom. The van der Waals surface area contributed by atoms with Crippen LogP contribution in [0.4, 0.5) is 0 Å². The number of hydrogen-bond acceptors (Lipinski definition) is 0. The van der Waals surface area contributed by atoms with Gasteiger partial charge in [0.15, 0.2) is 0 Å². The van der Waals surface area contributed by atoms with Crippen LogP contribution in [0.2, 0.25) is 0 Å². The highest BCUT2D eigenvalue weighted by Gasteiger charge is 1.97. The Kier molecular flexibility index (Phi) is 5.74. The van der Waals surface area contributed by atoms with E-state index in [1.807, 2.05) is 0 Å². The lowest BCUT2D eigenvalue weighted by Gasteiger charge is -2.04. The first-order valence-electron chi connectivity index (χ1n) is 6.29. The minimum atomic E-state index is 1.17. The molecule has 0 fully saturated rings. The Hall–Kier alpha value is -2.00. The maximum atomic E-state index is 4.00. The van der Waals surface area contributed by atoms with Crippen LogP contribution in [0.25, 0.3) is 11.1 Å². The van der Waals surface area contributed by atoms with Gasteiger partial charge in [0.25, 0.3) is 0 Å². The first-order valence-corrected chi connectivity index (χ1v) is 6.29. The molecule has 0 heteroatoms. The second-order valence-corrected chi connectivity index (χ2v) is 4.31. The largest absolute Gasteiger partial charge is 0.124 e. The van der Waals surface area contributed by atoms with Gasteiger partial charge >= 0.3 is 0 Å². The number of aryl methyl sites for hydroxylation is 2. The van der Waals surface area contributed by atoms with E-state index in [1.54, 1.807) is 0 Å². The maximum Gasteiger partial charge on any atom is -0.0184 e. The van der Waals surface area contributed by atoms with E-state index in [1.165, 1.54) is 35.1 Å². The Morgan fingerprint density at radius 3 is 1.67 bits per heavy atom. The molecule has 0 aliphatic carbocycles. The molecule has 0 heterocycles. The minimum absolute atomic E-state index is 1.17. The van der Waals surface area contributed by atoms with Crippen molar-refractivity contribution in [2.45, 2.75) is 26.7 Å². The fourth-order valence-electron chi connectivity index (χ4n) is 1.90. The summed E-state index contributed by atoms with van der Waals surface area (Å²) in [6.07, 6.45) is 10.4. The Labute approximate surface area is 111 Å². The second-order valence-electron chi connectivity index (χ2n) is 4.31. The van der Waals surface area contributed by atoms with E-state index in [-0.39, 0.29) is 0 Å². The SMILES string of the molecule is C#C.CCCc1ccc(-c2ccc(C)cc2)cc1. The Bertz CT molecular complexity index is 472. The van der Waals surface area contributed by atoms with Crippen LogP contribution in [0.3, 0.4) is 0 Å². The standard InChI is InChI=1S/C16H18.C2H2/c1-3-4-14-7-11-16(12-8-14)15-9-5-13(2)6-10-15;1-2/h5-12H,3-4H2,1-2H3;1-2H. The molecule has 0 aliphatic rings. The summed E-state index contributed by atoms with van der Waals surface area (Å²) in [6, 6.07) is 17.6. The molecule has 2 aromatic rings. The number of hydrogen-bond donors (Lipinski definition) is 0. The van der Waals surface area contributed by atoms with E-state index in [0.717, 1.165) is 0 Å². The molecule has 0 spiro atoms. The van der Waals surface area contributed by atoms with Crippen molar-refractivity contribution < 1.29 is 0 Å². The third-order valence-electron chi connectivity index (χ3n) is 2.88.